The Labute approximate surface area is 127 Å². The fraction of sp³-hybridized carbons (Fsp3) is 0.615. The maximum atomic E-state index is 5.59. The molecule has 21 heavy (non-hydrogen) atoms. The van der Waals surface area contributed by atoms with Gasteiger partial charge in [0.2, 0.25) is 5.89 Å². The van der Waals surface area contributed by atoms with Crippen molar-refractivity contribution in [2.24, 2.45) is 0 Å². The molecule has 0 spiro atoms. The van der Waals surface area contributed by atoms with Gasteiger partial charge in [0, 0.05) is 25.3 Å². The molecule has 0 radical (unpaired) electrons. The zero-order valence-corrected chi connectivity index (χ0v) is 12.9. The van der Waals surface area contributed by atoms with Crippen LogP contribution in [0.15, 0.2) is 9.90 Å². The highest BCUT2D eigenvalue weighted by atomic mass is 32.1. The van der Waals surface area contributed by atoms with Crippen molar-refractivity contribution < 1.29 is 14.0 Å². The molecule has 0 saturated carbocycles. The molecule has 0 unspecified atom stereocenters. The first-order chi connectivity index (χ1) is 10.3. The summed E-state index contributed by atoms with van der Waals surface area (Å²) in [7, 11) is 1.65. The molecule has 0 aliphatic carbocycles. The number of hydrogen-bond acceptors (Lipinski definition) is 8. The second-order valence-corrected chi connectivity index (χ2v) is 5.38. The van der Waals surface area contributed by atoms with Crippen molar-refractivity contribution in [2.45, 2.75) is 25.7 Å². The molecule has 0 fully saturated rings. The first-order valence-corrected chi connectivity index (χ1v) is 7.74. The minimum Gasteiger partial charge on any atom is -0.382 e. The number of anilines is 1. The van der Waals surface area contributed by atoms with Crippen LogP contribution in [-0.2, 0) is 28.7 Å². The van der Waals surface area contributed by atoms with E-state index in [2.05, 4.69) is 15.1 Å². The Balaban J connectivity index is 1.63. The summed E-state index contributed by atoms with van der Waals surface area (Å²) in [5.74, 6) is 1.34. The molecule has 2 heterocycles. The van der Waals surface area contributed by atoms with Crippen LogP contribution in [0.2, 0.25) is 0 Å². The molecule has 0 atom stereocenters. The summed E-state index contributed by atoms with van der Waals surface area (Å²) in [5.41, 5.74) is 6.61. The van der Waals surface area contributed by atoms with E-state index in [9.17, 15) is 0 Å². The number of thiazole rings is 1. The third-order valence-corrected chi connectivity index (χ3v) is 3.53. The highest BCUT2D eigenvalue weighted by molar-refractivity contribution is 7.13. The summed E-state index contributed by atoms with van der Waals surface area (Å²) in [5, 5.41) is 6.52. The first-order valence-electron chi connectivity index (χ1n) is 6.86. The van der Waals surface area contributed by atoms with Gasteiger partial charge in [-0.05, 0) is 12.8 Å². The Morgan fingerprint density at radius 2 is 2.10 bits per heavy atom. The highest BCUT2D eigenvalue weighted by Crippen LogP contribution is 2.13. The summed E-state index contributed by atoms with van der Waals surface area (Å²) in [4.78, 5) is 8.55. The molecule has 7 nitrogen and oxygen atoms in total. The zero-order valence-electron chi connectivity index (χ0n) is 12.1. The number of ether oxygens (including phenoxy) is 2. The van der Waals surface area contributed by atoms with Crippen LogP contribution in [0.25, 0.3) is 0 Å². The van der Waals surface area contributed by atoms with Gasteiger partial charge >= 0.3 is 0 Å². The lowest BCUT2D eigenvalue weighted by Gasteiger charge is -1.99. The highest BCUT2D eigenvalue weighted by Gasteiger charge is 2.07. The van der Waals surface area contributed by atoms with Crippen LogP contribution >= 0.6 is 11.3 Å². The lowest BCUT2D eigenvalue weighted by molar-refractivity contribution is 0.0714. The molecule has 2 N–H and O–H groups in total. The molecule has 0 aliphatic heterocycles. The van der Waals surface area contributed by atoms with E-state index in [1.165, 1.54) is 11.3 Å². The largest absolute Gasteiger partial charge is 0.382 e. The van der Waals surface area contributed by atoms with Gasteiger partial charge in [-0.3, -0.25) is 0 Å². The van der Waals surface area contributed by atoms with E-state index in [0.29, 0.717) is 43.1 Å². The fourth-order valence-corrected chi connectivity index (χ4v) is 2.36. The van der Waals surface area contributed by atoms with E-state index in [0.717, 1.165) is 25.0 Å². The molecule has 0 aromatic carbocycles. The average molecular weight is 312 g/mol. The predicted molar refractivity (Wildman–Crippen MR) is 79.2 cm³/mol. The van der Waals surface area contributed by atoms with Gasteiger partial charge in [-0.15, -0.1) is 11.3 Å². The van der Waals surface area contributed by atoms with Gasteiger partial charge in [-0.1, -0.05) is 5.16 Å². The molecule has 8 heteroatoms. The van der Waals surface area contributed by atoms with E-state index >= 15 is 0 Å². The van der Waals surface area contributed by atoms with Crippen LogP contribution in [0.1, 0.15) is 23.8 Å². The molecular weight excluding hydrogens is 292 g/mol. The van der Waals surface area contributed by atoms with Crippen molar-refractivity contribution in [3.05, 3.63) is 22.8 Å². The number of nitrogens with two attached hydrogens (primary N) is 1. The number of nitrogen functional groups attached to an aromatic ring is 1. The van der Waals surface area contributed by atoms with Crippen molar-refractivity contribution in [1.29, 1.82) is 0 Å². The Morgan fingerprint density at radius 3 is 2.86 bits per heavy atom. The molecule has 0 bridgehead atoms. The topological polar surface area (TPSA) is 96.3 Å². The SMILES string of the molecule is COCCOCCc1noc(CCCc2csc(N)n2)n1. The van der Waals surface area contributed by atoms with Crippen LogP contribution < -0.4 is 5.73 Å². The van der Waals surface area contributed by atoms with Gasteiger partial charge in [-0.2, -0.15) is 4.98 Å². The van der Waals surface area contributed by atoms with Crippen molar-refractivity contribution in [2.75, 3.05) is 32.7 Å². The maximum absolute atomic E-state index is 5.59. The fourth-order valence-electron chi connectivity index (χ4n) is 1.76. The predicted octanol–water partition coefficient (Wildman–Crippen LogP) is 1.49. The van der Waals surface area contributed by atoms with E-state index in [1.54, 1.807) is 7.11 Å². The van der Waals surface area contributed by atoms with E-state index in [-0.39, 0.29) is 0 Å². The van der Waals surface area contributed by atoms with Crippen molar-refractivity contribution in [3.8, 4) is 0 Å². The lowest BCUT2D eigenvalue weighted by Crippen LogP contribution is -2.05. The Kier molecular flexibility index (Phi) is 6.58. The number of nitrogens with zero attached hydrogens (tertiary/aromatic N) is 3. The molecule has 116 valence electrons. The Bertz CT molecular complexity index is 529. The van der Waals surface area contributed by atoms with Crippen molar-refractivity contribution in [3.63, 3.8) is 0 Å². The number of aromatic nitrogens is 3. The third-order valence-electron chi connectivity index (χ3n) is 2.81. The van der Waals surface area contributed by atoms with Gasteiger partial charge in [0.25, 0.3) is 0 Å². The second-order valence-electron chi connectivity index (χ2n) is 4.49. The standard InChI is InChI=1S/C13H20N4O3S/c1-18-7-8-19-6-5-11-16-12(20-17-11)4-2-3-10-9-21-13(14)15-10/h9H,2-8H2,1H3,(H2,14,15). The summed E-state index contributed by atoms with van der Waals surface area (Å²) in [6, 6.07) is 0. The van der Waals surface area contributed by atoms with E-state index in [4.69, 9.17) is 19.7 Å². The Hall–Kier alpha value is -1.51. The third kappa shape index (κ3) is 5.78. The van der Waals surface area contributed by atoms with Gasteiger partial charge in [0.15, 0.2) is 11.0 Å². The molecular formula is C13H20N4O3S. The molecule has 2 aromatic rings. The normalized spacial score (nSPS) is 11.1. The maximum Gasteiger partial charge on any atom is 0.226 e. The van der Waals surface area contributed by atoms with E-state index < -0.39 is 0 Å². The van der Waals surface area contributed by atoms with Gasteiger partial charge in [0.05, 0.1) is 25.5 Å². The van der Waals surface area contributed by atoms with Crippen molar-refractivity contribution in [1.82, 2.24) is 15.1 Å². The quantitative estimate of drug-likeness (QED) is 0.664. The first kappa shape index (κ1) is 15.9. The monoisotopic (exact) mass is 312 g/mol. The molecule has 0 saturated heterocycles. The zero-order chi connectivity index (χ0) is 14.9. The molecule has 0 amide bonds. The van der Waals surface area contributed by atoms with Gasteiger partial charge in [-0.25, -0.2) is 4.98 Å². The van der Waals surface area contributed by atoms with Crippen LogP contribution in [0, 0.1) is 0 Å². The summed E-state index contributed by atoms with van der Waals surface area (Å²) in [6.07, 6.45) is 3.17. The molecule has 2 rings (SSSR count). The number of hydrogen-bond donors (Lipinski definition) is 1. The van der Waals surface area contributed by atoms with Gasteiger partial charge in [0.1, 0.15) is 0 Å². The van der Waals surface area contributed by atoms with Crippen LogP contribution in [0.5, 0.6) is 0 Å². The van der Waals surface area contributed by atoms with Crippen LogP contribution in [-0.4, -0.2) is 42.1 Å². The second kappa shape index (κ2) is 8.71. The number of methoxy groups -OCH3 is 1. The molecule has 0 aliphatic rings. The van der Waals surface area contributed by atoms with Gasteiger partial charge < -0.3 is 19.7 Å². The average Bonchev–Trinajstić information content (AvgIpc) is 3.08. The van der Waals surface area contributed by atoms with Crippen LogP contribution in [0.3, 0.4) is 0 Å². The summed E-state index contributed by atoms with van der Waals surface area (Å²) in [6.45, 7) is 1.75. The Morgan fingerprint density at radius 1 is 1.19 bits per heavy atom. The number of rotatable bonds is 10. The lowest BCUT2D eigenvalue weighted by atomic mass is 10.2. The minimum atomic E-state index is 0.570. The summed E-state index contributed by atoms with van der Waals surface area (Å²) < 4.78 is 15.5. The van der Waals surface area contributed by atoms with E-state index in [1.807, 2.05) is 5.38 Å². The van der Waals surface area contributed by atoms with Crippen molar-refractivity contribution >= 4 is 16.5 Å². The molecule has 2 aromatic heterocycles. The minimum absolute atomic E-state index is 0.570. The summed E-state index contributed by atoms with van der Waals surface area (Å²) >= 11 is 1.46. The number of aryl methyl sites for hydroxylation is 2. The van der Waals surface area contributed by atoms with Crippen LogP contribution in [0.4, 0.5) is 5.13 Å². The smallest absolute Gasteiger partial charge is 0.226 e.